The highest BCUT2D eigenvalue weighted by Crippen LogP contribution is 2.30. The fourth-order valence-electron chi connectivity index (χ4n) is 2.91. The van der Waals surface area contributed by atoms with E-state index in [9.17, 15) is 4.79 Å². The van der Waals surface area contributed by atoms with Gasteiger partial charge in [0.1, 0.15) is 0 Å². The van der Waals surface area contributed by atoms with Crippen LogP contribution in [0.3, 0.4) is 0 Å². The molecule has 1 aliphatic carbocycles. The van der Waals surface area contributed by atoms with Gasteiger partial charge < -0.3 is 11.1 Å². The second-order valence-electron chi connectivity index (χ2n) is 6.50. The van der Waals surface area contributed by atoms with Crippen LogP contribution in [0.25, 0.3) is 0 Å². The summed E-state index contributed by atoms with van der Waals surface area (Å²) in [7, 11) is 0. The molecule has 0 spiro atoms. The van der Waals surface area contributed by atoms with Crippen molar-refractivity contribution in [2.24, 2.45) is 17.6 Å². The molecular weight excluding hydrogens is 260 g/mol. The third kappa shape index (κ3) is 5.70. The molecule has 1 fully saturated rings. The van der Waals surface area contributed by atoms with Gasteiger partial charge in [-0.2, -0.15) is 0 Å². The summed E-state index contributed by atoms with van der Waals surface area (Å²) in [6.07, 6.45) is 6.38. The van der Waals surface area contributed by atoms with Crippen LogP contribution in [0, 0.1) is 11.8 Å². The van der Waals surface area contributed by atoms with E-state index in [2.05, 4.69) is 26.1 Å². The van der Waals surface area contributed by atoms with Crippen LogP contribution in [-0.2, 0) is 4.79 Å². The standard InChI is InChI=1S/C15H30N2O.ClH/c1-5-10-15(4,16)14(18)17-13-8-6-12(7-9-13)11(2)3;/h11-13H,5-10,16H2,1-4H3,(H,17,18);1H. The van der Waals surface area contributed by atoms with E-state index in [4.69, 9.17) is 5.73 Å². The summed E-state index contributed by atoms with van der Waals surface area (Å²) in [6.45, 7) is 8.49. The van der Waals surface area contributed by atoms with Crippen LogP contribution in [-0.4, -0.2) is 17.5 Å². The lowest BCUT2D eigenvalue weighted by Gasteiger charge is -2.33. The molecular formula is C15H31ClN2O. The molecule has 19 heavy (non-hydrogen) atoms. The van der Waals surface area contributed by atoms with Crippen molar-refractivity contribution >= 4 is 18.3 Å². The molecule has 0 aromatic heterocycles. The van der Waals surface area contributed by atoms with E-state index in [-0.39, 0.29) is 18.3 Å². The molecule has 1 amide bonds. The molecule has 3 N–H and O–H groups in total. The zero-order chi connectivity index (χ0) is 13.8. The molecule has 3 nitrogen and oxygen atoms in total. The monoisotopic (exact) mass is 290 g/mol. The van der Waals surface area contributed by atoms with Gasteiger partial charge >= 0.3 is 0 Å². The van der Waals surface area contributed by atoms with Gasteiger partial charge in [0.2, 0.25) is 5.91 Å². The number of amides is 1. The van der Waals surface area contributed by atoms with Crippen LogP contribution < -0.4 is 11.1 Å². The summed E-state index contributed by atoms with van der Waals surface area (Å²) in [6, 6.07) is 0.340. The molecule has 1 atom stereocenters. The normalized spacial score (nSPS) is 26.4. The maximum Gasteiger partial charge on any atom is 0.240 e. The van der Waals surface area contributed by atoms with E-state index in [1.807, 2.05) is 6.92 Å². The van der Waals surface area contributed by atoms with Gasteiger partial charge in [-0.15, -0.1) is 12.4 Å². The average Bonchev–Trinajstić information content (AvgIpc) is 2.29. The molecule has 0 aromatic carbocycles. The number of carbonyl (C=O) groups excluding carboxylic acids is 1. The van der Waals surface area contributed by atoms with Gasteiger partial charge in [0, 0.05) is 6.04 Å². The smallest absolute Gasteiger partial charge is 0.240 e. The Morgan fingerprint density at radius 2 is 1.84 bits per heavy atom. The largest absolute Gasteiger partial charge is 0.352 e. The zero-order valence-electron chi connectivity index (χ0n) is 12.9. The molecule has 0 radical (unpaired) electrons. The van der Waals surface area contributed by atoms with E-state index >= 15 is 0 Å². The molecule has 0 bridgehead atoms. The third-order valence-electron chi connectivity index (χ3n) is 4.34. The van der Waals surface area contributed by atoms with Crippen LogP contribution in [0.5, 0.6) is 0 Å². The number of rotatable bonds is 5. The van der Waals surface area contributed by atoms with E-state index in [0.717, 1.165) is 37.5 Å². The first kappa shape index (κ1) is 18.7. The van der Waals surface area contributed by atoms with Gasteiger partial charge in [-0.3, -0.25) is 4.79 Å². The van der Waals surface area contributed by atoms with Gasteiger partial charge in [0.25, 0.3) is 0 Å². The number of hydrogen-bond acceptors (Lipinski definition) is 2. The van der Waals surface area contributed by atoms with Crippen molar-refractivity contribution in [3.63, 3.8) is 0 Å². The minimum Gasteiger partial charge on any atom is -0.352 e. The second kappa shape index (κ2) is 8.11. The minimum atomic E-state index is -0.705. The van der Waals surface area contributed by atoms with Gasteiger partial charge in [-0.05, 0) is 50.9 Å². The van der Waals surface area contributed by atoms with E-state index < -0.39 is 5.54 Å². The Bertz CT molecular complexity index is 271. The quantitative estimate of drug-likeness (QED) is 0.816. The summed E-state index contributed by atoms with van der Waals surface area (Å²) < 4.78 is 0. The number of nitrogens with one attached hydrogen (secondary N) is 1. The lowest BCUT2D eigenvalue weighted by Crippen LogP contribution is -2.54. The predicted molar refractivity (Wildman–Crippen MR) is 83.5 cm³/mol. The first-order valence-corrected chi connectivity index (χ1v) is 7.46. The van der Waals surface area contributed by atoms with Crippen LogP contribution in [0.2, 0.25) is 0 Å². The topological polar surface area (TPSA) is 55.1 Å². The Morgan fingerprint density at radius 3 is 2.26 bits per heavy atom. The van der Waals surface area contributed by atoms with E-state index in [1.165, 1.54) is 12.8 Å². The van der Waals surface area contributed by atoms with Gasteiger partial charge in [0.05, 0.1) is 5.54 Å². The lowest BCUT2D eigenvalue weighted by atomic mass is 9.79. The first-order valence-electron chi connectivity index (χ1n) is 7.46. The van der Waals surface area contributed by atoms with Crippen molar-refractivity contribution in [1.29, 1.82) is 0 Å². The molecule has 0 saturated heterocycles. The maximum absolute atomic E-state index is 12.1. The number of carbonyl (C=O) groups is 1. The molecule has 0 aliphatic heterocycles. The van der Waals surface area contributed by atoms with E-state index in [0.29, 0.717) is 6.04 Å². The minimum absolute atomic E-state index is 0. The van der Waals surface area contributed by atoms with Crippen molar-refractivity contribution in [2.45, 2.75) is 77.8 Å². The molecule has 1 unspecified atom stereocenters. The van der Waals surface area contributed by atoms with Gasteiger partial charge in [-0.25, -0.2) is 0 Å². The zero-order valence-corrected chi connectivity index (χ0v) is 13.7. The predicted octanol–water partition coefficient (Wildman–Crippen LogP) is 3.26. The number of nitrogens with two attached hydrogens (primary N) is 1. The fourth-order valence-corrected chi connectivity index (χ4v) is 2.91. The van der Waals surface area contributed by atoms with Crippen molar-refractivity contribution in [3.8, 4) is 0 Å². The molecule has 0 heterocycles. The Kier molecular flexibility index (Phi) is 7.99. The Hall–Kier alpha value is -0.280. The van der Waals surface area contributed by atoms with Crippen molar-refractivity contribution in [2.75, 3.05) is 0 Å². The molecule has 4 heteroatoms. The van der Waals surface area contributed by atoms with Gasteiger partial charge in [0.15, 0.2) is 0 Å². The molecule has 1 aliphatic rings. The average molecular weight is 291 g/mol. The first-order chi connectivity index (χ1) is 8.36. The van der Waals surface area contributed by atoms with Gasteiger partial charge in [-0.1, -0.05) is 27.2 Å². The number of halogens is 1. The SMILES string of the molecule is CCCC(C)(N)C(=O)NC1CCC(C(C)C)CC1.Cl. The van der Waals surface area contributed by atoms with Crippen LogP contribution in [0.15, 0.2) is 0 Å². The summed E-state index contributed by atoms with van der Waals surface area (Å²) in [5.74, 6) is 1.62. The van der Waals surface area contributed by atoms with Crippen molar-refractivity contribution in [1.82, 2.24) is 5.32 Å². The highest BCUT2D eigenvalue weighted by molar-refractivity contribution is 5.86. The lowest BCUT2D eigenvalue weighted by molar-refractivity contribution is -0.127. The molecule has 114 valence electrons. The Labute approximate surface area is 124 Å². The third-order valence-corrected chi connectivity index (χ3v) is 4.34. The fraction of sp³-hybridized carbons (Fsp3) is 0.933. The highest BCUT2D eigenvalue weighted by Gasteiger charge is 2.30. The summed E-state index contributed by atoms with van der Waals surface area (Å²) in [5, 5.41) is 3.14. The highest BCUT2D eigenvalue weighted by atomic mass is 35.5. The summed E-state index contributed by atoms with van der Waals surface area (Å²) >= 11 is 0. The summed E-state index contributed by atoms with van der Waals surface area (Å²) in [5.41, 5.74) is 5.35. The van der Waals surface area contributed by atoms with Crippen molar-refractivity contribution in [3.05, 3.63) is 0 Å². The second-order valence-corrected chi connectivity index (χ2v) is 6.50. The molecule has 1 rings (SSSR count). The summed E-state index contributed by atoms with van der Waals surface area (Å²) in [4.78, 5) is 12.1. The van der Waals surface area contributed by atoms with Crippen LogP contribution in [0.1, 0.15) is 66.2 Å². The van der Waals surface area contributed by atoms with Crippen LogP contribution >= 0.6 is 12.4 Å². The van der Waals surface area contributed by atoms with Crippen molar-refractivity contribution < 1.29 is 4.79 Å². The van der Waals surface area contributed by atoms with E-state index in [1.54, 1.807) is 0 Å². The molecule has 1 saturated carbocycles. The molecule has 0 aromatic rings. The maximum atomic E-state index is 12.1. The van der Waals surface area contributed by atoms with Crippen LogP contribution in [0.4, 0.5) is 0 Å². The Morgan fingerprint density at radius 1 is 1.32 bits per heavy atom. The number of hydrogen-bond donors (Lipinski definition) is 2. The Balaban J connectivity index is 0.00000324.